The average Bonchev–Trinajstić information content (AvgIpc) is 2.61. The van der Waals surface area contributed by atoms with Crippen LogP contribution in [0.25, 0.3) is 0 Å². The van der Waals surface area contributed by atoms with Gasteiger partial charge in [0, 0.05) is 18.6 Å². The van der Waals surface area contributed by atoms with Gasteiger partial charge in [0.2, 0.25) is 0 Å². The van der Waals surface area contributed by atoms with Crippen LogP contribution in [0.1, 0.15) is 27.2 Å². The Bertz CT molecular complexity index is 177. The number of nitrogens with one attached hydrogen (secondary N) is 1. The van der Waals surface area contributed by atoms with E-state index >= 15 is 0 Å². The van der Waals surface area contributed by atoms with Gasteiger partial charge in [-0.3, -0.25) is 4.90 Å². The molecule has 1 N–H and O–H groups in total. The summed E-state index contributed by atoms with van der Waals surface area (Å²) in [4.78, 5) is 2.68. The highest BCUT2D eigenvalue weighted by Crippen LogP contribution is 2.32. The quantitative estimate of drug-likeness (QED) is 0.693. The molecule has 0 amide bonds. The van der Waals surface area contributed by atoms with Crippen molar-refractivity contribution in [1.29, 1.82) is 0 Å². The van der Waals surface area contributed by atoms with Gasteiger partial charge in [-0.05, 0) is 45.2 Å². The Labute approximate surface area is 81.7 Å². The summed E-state index contributed by atoms with van der Waals surface area (Å²) in [7, 11) is 0. The SMILES string of the molecule is CCC(C)(C)N1C[C@H]2CNC[C@H]2C1. The van der Waals surface area contributed by atoms with Gasteiger partial charge in [0.15, 0.2) is 0 Å². The molecule has 0 radical (unpaired) electrons. The van der Waals surface area contributed by atoms with E-state index in [1.54, 1.807) is 0 Å². The lowest BCUT2D eigenvalue weighted by molar-refractivity contribution is 0.138. The van der Waals surface area contributed by atoms with E-state index in [1.165, 1.54) is 32.6 Å². The average molecular weight is 182 g/mol. The summed E-state index contributed by atoms with van der Waals surface area (Å²) in [5.41, 5.74) is 0.421. The third kappa shape index (κ3) is 1.62. The van der Waals surface area contributed by atoms with Crippen molar-refractivity contribution in [3.8, 4) is 0 Å². The van der Waals surface area contributed by atoms with Crippen molar-refractivity contribution in [2.24, 2.45) is 11.8 Å². The molecule has 0 aromatic heterocycles. The fourth-order valence-corrected chi connectivity index (χ4v) is 2.57. The number of fused-ring (bicyclic) bond motifs is 1. The number of hydrogen-bond donors (Lipinski definition) is 1. The first-order valence-electron chi connectivity index (χ1n) is 5.59. The number of nitrogens with zero attached hydrogens (tertiary/aromatic N) is 1. The Morgan fingerprint density at radius 1 is 1.23 bits per heavy atom. The molecule has 0 aliphatic carbocycles. The zero-order valence-electron chi connectivity index (χ0n) is 9.14. The molecule has 2 rings (SSSR count). The highest BCUT2D eigenvalue weighted by molar-refractivity contribution is 4.96. The third-order valence-corrected chi connectivity index (χ3v) is 4.11. The standard InChI is InChI=1S/C11H22N2/c1-4-11(2,3)13-7-9-5-12-6-10(9)8-13/h9-10,12H,4-8H2,1-3H3/t9-,10+. The summed E-state index contributed by atoms with van der Waals surface area (Å²) in [5.74, 6) is 1.87. The molecule has 0 unspecified atom stereocenters. The minimum absolute atomic E-state index is 0.421. The van der Waals surface area contributed by atoms with E-state index in [0.29, 0.717) is 5.54 Å². The molecule has 0 spiro atoms. The maximum Gasteiger partial charge on any atom is 0.0150 e. The molecule has 2 atom stereocenters. The van der Waals surface area contributed by atoms with E-state index < -0.39 is 0 Å². The lowest BCUT2D eigenvalue weighted by atomic mass is 10.00. The first kappa shape index (κ1) is 9.47. The smallest absolute Gasteiger partial charge is 0.0150 e. The van der Waals surface area contributed by atoms with Crippen molar-refractivity contribution in [2.45, 2.75) is 32.7 Å². The van der Waals surface area contributed by atoms with Gasteiger partial charge in [-0.25, -0.2) is 0 Å². The van der Waals surface area contributed by atoms with Gasteiger partial charge >= 0.3 is 0 Å². The molecule has 0 bridgehead atoms. The summed E-state index contributed by atoms with van der Waals surface area (Å²) in [5, 5.41) is 3.49. The molecular formula is C11H22N2. The highest BCUT2D eigenvalue weighted by Gasteiger charge is 2.40. The van der Waals surface area contributed by atoms with E-state index in [0.717, 1.165) is 11.8 Å². The van der Waals surface area contributed by atoms with Crippen molar-refractivity contribution in [3.05, 3.63) is 0 Å². The summed E-state index contributed by atoms with van der Waals surface area (Å²) >= 11 is 0. The molecular weight excluding hydrogens is 160 g/mol. The molecule has 2 saturated heterocycles. The maximum absolute atomic E-state index is 3.49. The fourth-order valence-electron chi connectivity index (χ4n) is 2.57. The second-order valence-corrected chi connectivity index (χ2v) is 5.25. The molecule has 2 aliphatic rings. The highest BCUT2D eigenvalue weighted by atomic mass is 15.2. The van der Waals surface area contributed by atoms with Gasteiger partial charge in [0.25, 0.3) is 0 Å². The Hall–Kier alpha value is -0.0800. The molecule has 2 aliphatic heterocycles. The summed E-state index contributed by atoms with van der Waals surface area (Å²) in [6.45, 7) is 12.2. The molecule has 0 saturated carbocycles. The van der Waals surface area contributed by atoms with Crippen LogP contribution in [0.5, 0.6) is 0 Å². The molecule has 2 heterocycles. The first-order chi connectivity index (χ1) is 6.13. The number of rotatable bonds is 2. The molecule has 13 heavy (non-hydrogen) atoms. The molecule has 76 valence electrons. The van der Waals surface area contributed by atoms with Gasteiger partial charge in [0.1, 0.15) is 0 Å². The largest absolute Gasteiger partial charge is 0.316 e. The summed E-state index contributed by atoms with van der Waals surface area (Å²) in [6, 6.07) is 0. The maximum atomic E-state index is 3.49. The van der Waals surface area contributed by atoms with Crippen LogP contribution in [-0.2, 0) is 0 Å². The zero-order valence-corrected chi connectivity index (χ0v) is 9.14. The van der Waals surface area contributed by atoms with Crippen LogP contribution < -0.4 is 5.32 Å². The van der Waals surface area contributed by atoms with E-state index in [-0.39, 0.29) is 0 Å². The normalized spacial score (nSPS) is 35.3. The van der Waals surface area contributed by atoms with Crippen LogP contribution in [0.2, 0.25) is 0 Å². The summed E-state index contributed by atoms with van der Waals surface area (Å²) in [6.07, 6.45) is 1.26. The van der Waals surface area contributed by atoms with Crippen LogP contribution in [0.3, 0.4) is 0 Å². The second kappa shape index (κ2) is 3.25. The predicted molar refractivity (Wildman–Crippen MR) is 55.8 cm³/mol. The molecule has 2 heteroatoms. The number of hydrogen-bond acceptors (Lipinski definition) is 2. The Balaban J connectivity index is 1.98. The lowest BCUT2D eigenvalue weighted by Gasteiger charge is -2.35. The van der Waals surface area contributed by atoms with Gasteiger partial charge in [0.05, 0.1) is 0 Å². The summed E-state index contributed by atoms with van der Waals surface area (Å²) < 4.78 is 0. The van der Waals surface area contributed by atoms with Crippen LogP contribution in [-0.4, -0.2) is 36.6 Å². The lowest BCUT2D eigenvalue weighted by Crippen LogP contribution is -2.43. The minimum Gasteiger partial charge on any atom is -0.316 e. The van der Waals surface area contributed by atoms with Crippen molar-refractivity contribution in [3.63, 3.8) is 0 Å². The number of likely N-dealkylation sites (tertiary alicyclic amines) is 1. The third-order valence-electron chi connectivity index (χ3n) is 4.11. The van der Waals surface area contributed by atoms with Crippen molar-refractivity contribution in [1.82, 2.24) is 10.2 Å². The fraction of sp³-hybridized carbons (Fsp3) is 1.00. The van der Waals surface area contributed by atoms with Gasteiger partial charge in [-0.1, -0.05) is 6.92 Å². The predicted octanol–water partition coefficient (Wildman–Crippen LogP) is 1.33. The zero-order chi connectivity index (χ0) is 9.47. The van der Waals surface area contributed by atoms with Crippen LogP contribution in [0, 0.1) is 11.8 Å². The van der Waals surface area contributed by atoms with E-state index in [1.807, 2.05) is 0 Å². The van der Waals surface area contributed by atoms with Crippen LogP contribution in [0.15, 0.2) is 0 Å². The van der Waals surface area contributed by atoms with Crippen LogP contribution >= 0.6 is 0 Å². The van der Waals surface area contributed by atoms with Crippen LogP contribution in [0.4, 0.5) is 0 Å². The topological polar surface area (TPSA) is 15.3 Å². The van der Waals surface area contributed by atoms with Gasteiger partial charge in [-0.2, -0.15) is 0 Å². The molecule has 2 nitrogen and oxygen atoms in total. The van der Waals surface area contributed by atoms with E-state index in [2.05, 4.69) is 31.0 Å². The molecule has 0 aromatic carbocycles. The van der Waals surface area contributed by atoms with Gasteiger partial charge in [-0.15, -0.1) is 0 Å². The molecule has 0 aromatic rings. The Kier molecular flexibility index (Phi) is 2.37. The first-order valence-corrected chi connectivity index (χ1v) is 5.59. The minimum atomic E-state index is 0.421. The van der Waals surface area contributed by atoms with Crippen molar-refractivity contribution in [2.75, 3.05) is 26.2 Å². The monoisotopic (exact) mass is 182 g/mol. The van der Waals surface area contributed by atoms with E-state index in [4.69, 9.17) is 0 Å². The van der Waals surface area contributed by atoms with Gasteiger partial charge < -0.3 is 5.32 Å². The van der Waals surface area contributed by atoms with E-state index in [9.17, 15) is 0 Å². The van der Waals surface area contributed by atoms with Crippen molar-refractivity contribution < 1.29 is 0 Å². The van der Waals surface area contributed by atoms with Crippen molar-refractivity contribution >= 4 is 0 Å². The Morgan fingerprint density at radius 2 is 1.77 bits per heavy atom. The molecule has 2 fully saturated rings. The second-order valence-electron chi connectivity index (χ2n) is 5.25. The Morgan fingerprint density at radius 3 is 2.23 bits per heavy atom.